The predicted molar refractivity (Wildman–Crippen MR) is 165 cm³/mol. The van der Waals surface area contributed by atoms with E-state index in [1.54, 1.807) is 43.5 Å². The van der Waals surface area contributed by atoms with E-state index < -0.39 is 11.9 Å². The van der Waals surface area contributed by atoms with E-state index in [9.17, 15) is 19.8 Å². The van der Waals surface area contributed by atoms with Crippen LogP contribution in [-0.4, -0.2) is 76.5 Å². The van der Waals surface area contributed by atoms with Crippen molar-refractivity contribution in [3.63, 3.8) is 0 Å². The van der Waals surface area contributed by atoms with Gasteiger partial charge in [0.2, 0.25) is 11.5 Å². The number of aromatic carboxylic acids is 2. The molecule has 12 heteroatoms. The Hall–Kier alpha value is -5.52. The molecule has 238 valence electrons. The minimum Gasteiger partial charge on any atom is -0.497 e. The van der Waals surface area contributed by atoms with Gasteiger partial charge in [-0.1, -0.05) is 12.1 Å². The number of hydrogen-bond donors (Lipinski definition) is 2. The normalized spacial score (nSPS) is 10.6. The number of carboxylic acids is 2. The highest BCUT2D eigenvalue weighted by molar-refractivity contribution is 6.09. The molecule has 3 aromatic carbocycles. The van der Waals surface area contributed by atoms with Gasteiger partial charge < -0.3 is 47.9 Å². The number of carboxylic acid groups (broad SMARTS) is 2. The highest BCUT2D eigenvalue weighted by Gasteiger charge is 2.34. The summed E-state index contributed by atoms with van der Waals surface area (Å²) in [6.45, 7) is 0.0252. The van der Waals surface area contributed by atoms with Gasteiger partial charge in [0.15, 0.2) is 23.0 Å². The highest BCUT2D eigenvalue weighted by Crippen LogP contribution is 2.49. The maximum atomic E-state index is 13.1. The zero-order valence-electron chi connectivity index (χ0n) is 26.0. The summed E-state index contributed by atoms with van der Waals surface area (Å²) in [4.78, 5) is 26.2. The molecule has 0 aliphatic carbocycles. The summed E-state index contributed by atoms with van der Waals surface area (Å²) in [5.41, 5.74) is 1.21. The second kappa shape index (κ2) is 13.8. The lowest BCUT2D eigenvalue weighted by Gasteiger charge is -2.17. The van der Waals surface area contributed by atoms with Gasteiger partial charge in [0, 0.05) is 17.7 Å². The van der Waals surface area contributed by atoms with Gasteiger partial charge in [0.1, 0.15) is 17.1 Å². The minimum atomic E-state index is -1.34. The van der Waals surface area contributed by atoms with Crippen molar-refractivity contribution in [2.45, 2.75) is 13.0 Å². The maximum absolute atomic E-state index is 13.1. The largest absolute Gasteiger partial charge is 0.497 e. The van der Waals surface area contributed by atoms with Gasteiger partial charge in [0.05, 0.1) is 49.8 Å². The van der Waals surface area contributed by atoms with Crippen molar-refractivity contribution < 1.29 is 53.0 Å². The topological polar surface area (TPSA) is 144 Å². The Balaban J connectivity index is 2.13. The first-order valence-corrected chi connectivity index (χ1v) is 13.6. The fourth-order valence-electron chi connectivity index (χ4n) is 5.33. The Bertz CT molecular complexity index is 1560. The number of aryl methyl sites for hydroxylation is 1. The van der Waals surface area contributed by atoms with Gasteiger partial charge in [-0.15, -0.1) is 0 Å². The van der Waals surface area contributed by atoms with Crippen LogP contribution < -0.4 is 33.2 Å². The van der Waals surface area contributed by atoms with E-state index in [0.29, 0.717) is 23.3 Å². The van der Waals surface area contributed by atoms with Crippen LogP contribution in [0.15, 0.2) is 48.5 Å². The van der Waals surface area contributed by atoms with E-state index in [1.807, 2.05) is 12.1 Å². The third-order valence-corrected chi connectivity index (χ3v) is 7.36. The smallest absolute Gasteiger partial charge is 0.353 e. The van der Waals surface area contributed by atoms with E-state index in [0.717, 1.165) is 5.56 Å². The molecular weight excluding hydrogens is 586 g/mol. The average molecular weight is 622 g/mol. The van der Waals surface area contributed by atoms with Crippen molar-refractivity contribution in [2.24, 2.45) is 0 Å². The molecule has 0 atom stereocenters. The molecule has 0 aliphatic heterocycles. The van der Waals surface area contributed by atoms with E-state index >= 15 is 0 Å². The fraction of sp³-hybridized carbons (Fsp3) is 0.273. The molecule has 0 unspecified atom stereocenters. The molecule has 2 N–H and O–H groups in total. The molecule has 0 saturated carbocycles. The van der Waals surface area contributed by atoms with Crippen LogP contribution in [0.1, 0.15) is 26.5 Å². The summed E-state index contributed by atoms with van der Waals surface area (Å²) >= 11 is 0. The second-order valence-corrected chi connectivity index (χ2v) is 9.64. The number of rotatable bonds is 14. The summed E-state index contributed by atoms with van der Waals surface area (Å²) in [5, 5.41) is 21.4. The lowest BCUT2D eigenvalue weighted by Crippen LogP contribution is -2.16. The molecule has 0 saturated heterocycles. The van der Waals surface area contributed by atoms with E-state index in [2.05, 4.69) is 0 Å². The molecule has 0 bridgehead atoms. The summed E-state index contributed by atoms with van der Waals surface area (Å²) in [6.07, 6.45) is 0.322. The molecule has 1 aromatic heterocycles. The van der Waals surface area contributed by atoms with Crippen LogP contribution in [0, 0.1) is 0 Å². The van der Waals surface area contributed by atoms with E-state index in [4.69, 9.17) is 33.2 Å². The van der Waals surface area contributed by atoms with Crippen molar-refractivity contribution >= 4 is 11.9 Å². The van der Waals surface area contributed by atoms with Crippen molar-refractivity contribution in [1.82, 2.24) is 4.57 Å². The van der Waals surface area contributed by atoms with Gasteiger partial charge in [-0.3, -0.25) is 0 Å². The van der Waals surface area contributed by atoms with Gasteiger partial charge in [-0.05, 0) is 59.5 Å². The molecule has 0 spiro atoms. The first-order chi connectivity index (χ1) is 21.7. The molecule has 4 rings (SSSR count). The van der Waals surface area contributed by atoms with Crippen molar-refractivity contribution in [3.8, 4) is 62.5 Å². The molecule has 0 aliphatic rings. The van der Waals surface area contributed by atoms with Gasteiger partial charge in [0.25, 0.3) is 0 Å². The van der Waals surface area contributed by atoms with Crippen LogP contribution in [0.5, 0.6) is 40.2 Å². The Kier molecular flexibility index (Phi) is 9.97. The summed E-state index contributed by atoms with van der Waals surface area (Å²) in [7, 11) is 10.2. The quantitative estimate of drug-likeness (QED) is 0.184. The number of aromatic nitrogens is 1. The Morgan fingerprint density at radius 3 is 1.24 bits per heavy atom. The first-order valence-electron chi connectivity index (χ1n) is 13.6. The third kappa shape index (κ3) is 6.12. The molecule has 45 heavy (non-hydrogen) atoms. The Labute approximate surface area is 260 Å². The fourth-order valence-corrected chi connectivity index (χ4v) is 5.33. The Morgan fingerprint density at radius 1 is 0.578 bits per heavy atom. The molecule has 12 nitrogen and oxygen atoms in total. The monoisotopic (exact) mass is 621 g/mol. The zero-order chi connectivity index (χ0) is 32.8. The molecular formula is C33H35NO11. The summed E-state index contributed by atoms with van der Waals surface area (Å²) in [6, 6.07) is 13.5. The van der Waals surface area contributed by atoms with Gasteiger partial charge in [-0.2, -0.15) is 0 Å². The van der Waals surface area contributed by atoms with Crippen LogP contribution in [0.2, 0.25) is 0 Å². The van der Waals surface area contributed by atoms with Crippen LogP contribution in [0.25, 0.3) is 22.3 Å². The number of ether oxygens (including phenoxy) is 7. The number of carbonyl (C=O) groups is 2. The first kappa shape index (κ1) is 32.4. The summed E-state index contributed by atoms with van der Waals surface area (Å²) < 4.78 is 39.7. The van der Waals surface area contributed by atoms with Gasteiger partial charge in [-0.25, -0.2) is 9.59 Å². The number of hydrogen-bond acceptors (Lipinski definition) is 9. The van der Waals surface area contributed by atoms with Gasteiger partial charge >= 0.3 is 11.9 Å². The SMILES string of the molecule is COc1ccc(CCn2c(C(=O)O)c(-c3cc(OC)c(OC)c(OC)c3)c(-c3cc(OC)c(OC)c(OC)c3)c2C(=O)O)cc1. The van der Waals surface area contributed by atoms with E-state index in [1.165, 1.54) is 47.2 Å². The molecule has 0 fully saturated rings. The summed E-state index contributed by atoms with van der Waals surface area (Å²) in [5.74, 6) is -0.442. The molecule has 0 radical (unpaired) electrons. The lowest BCUT2D eigenvalue weighted by atomic mass is 9.93. The molecule has 4 aromatic rings. The van der Waals surface area contributed by atoms with E-state index in [-0.39, 0.29) is 63.6 Å². The minimum absolute atomic E-state index is 0.0252. The number of nitrogens with zero attached hydrogens (tertiary/aromatic N) is 1. The zero-order valence-corrected chi connectivity index (χ0v) is 26.0. The van der Waals surface area contributed by atoms with Crippen molar-refractivity contribution in [3.05, 3.63) is 65.5 Å². The van der Waals surface area contributed by atoms with Crippen LogP contribution in [-0.2, 0) is 13.0 Å². The second-order valence-electron chi connectivity index (χ2n) is 9.64. The third-order valence-electron chi connectivity index (χ3n) is 7.36. The molecule has 1 heterocycles. The van der Waals surface area contributed by atoms with Crippen molar-refractivity contribution in [2.75, 3.05) is 49.8 Å². The standard InChI is InChI=1S/C33H35NO11/c1-39-21-10-8-18(9-11-21)12-13-34-28(32(35)36)26(19-14-22(40-2)30(44-6)23(15-19)41-3)27(29(34)33(37)38)20-16-24(42-4)31(45-7)25(17-20)43-5/h8-11,14-17H,12-13H2,1-7H3,(H,35,36)(H,37,38). The Morgan fingerprint density at radius 2 is 0.956 bits per heavy atom. The maximum Gasteiger partial charge on any atom is 0.353 e. The van der Waals surface area contributed by atoms with Crippen LogP contribution in [0.4, 0.5) is 0 Å². The van der Waals surface area contributed by atoms with Crippen molar-refractivity contribution in [1.29, 1.82) is 0 Å². The average Bonchev–Trinajstić information content (AvgIpc) is 3.41. The predicted octanol–water partition coefficient (Wildman–Crippen LogP) is 5.52. The molecule has 0 amide bonds. The van der Waals surface area contributed by atoms with Crippen LogP contribution in [0.3, 0.4) is 0 Å². The van der Waals surface area contributed by atoms with Crippen LogP contribution >= 0.6 is 0 Å². The lowest BCUT2D eigenvalue weighted by molar-refractivity contribution is 0.0677. The highest BCUT2D eigenvalue weighted by atomic mass is 16.5. The number of methoxy groups -OCH3 is 7. The number of benzene rings is 3.